The van der Waals surface area contributed by atoms with Gasteiger partial charge in [0.25, 0.3) is 0 Å². The first-order valence-corrected chi connectivity index (χ1v) is 1.34. The van der Waals surface area contributed by atoms with Crippen LogP contribution in [0.2, 0.25) is 0 Å². The van der Waals surface area contributed by atoms with Gasteiger partial charge in [-0.1, -0.05) is 0 Å². The smallest absolute Gasteiger partial charge is 0.512 e. The predicted molar refractivity (Wildman–Crippen MR) is 29.8 cm³/mol. The van der Waals surface area contributed by atoms with E-state index in [0.717, 1.165) is 0 Å². The summed E-state index contributed by atoms with van der Waals surface area (Å²) in [5.74, 6) is 0. The average Bonchev–Trinajstić information content (AvgIpc) is 2.33. The molecule has 0 unspecified atom stereocenters. The van der Waals surface area contributed by atoms with Crippen LogP contribution in [0, 0.1) is 71.0 Å². The Bertz CT molecular complexity index is 97.3. The van der Waals surface area contributed by atoms with Gasteiger partial charge in [-0.3, -0.25) is 0 Å². The van der Waals surface area contributed by atoms with Crippen LogP contribution in [0.4, 0.5) is 0 Å². The minimum absolute atomic E-state index is 0. The van der Waals surface area contributed by atoms with Crippen LogP contribution in [0.15, 0.2) is 0 Å². The predicted octanol–water partition coefficient (Wildman–Crippen LogP) is -2.42. The van der Waals surface area contributed by atoms with Gasteiger partial charge in [-0.05, 0) is 0 Å². The molecule has 0 atom stereocenters. The van der Waals surface area contributed by atoms with Gasteiger partial charge in [0.1, 0.15) is 0 Å². The topological polar surface area (TPSA) is 143 Å². The van der Waals surface area contributed by atoms with E-state index in [9.17, 15) is 0 Å². The molecule has 66 valence electrons. The summed E-state index contributed by atoms with van der Waals surface area (Å²) in [5.41, 5.74) is 0. The van der Waals surface area contributed by atoms with E-state index in [2.05, 4.69) is 0 Å². The van der Waals surface area contributed by atoms with Gasteiger partial charge < -0.3 is 71.0 Å². The van der Waals surface area contributed by atoms with Crippen LogP contribution >= 0.6 is 0 Å². The van der Waals surface area contributed by atoms with Crippen LogP contribution in [0.25, 0.3) is 0 Å². The summed E-state index contributed by atoms with van der Waals surface area (Å²) in [4.78, 5) is 0. The molecule has 8 heteroatoms. The van der Waals surface area contributed by atoms with Gasteiger partial charge in [0.2, 0.25) is 0 Å². The summed E-state index contributed by atoms with van der Waals surface area (Å²) in [6.45, 7) is 28.5. The van der Waals surface area contributed by atoms with Gasteiger partial charge in [0.15, 0.2) is 0 Å². The van der Waals surface area contributed by atoms with Crippen molar-refractivity contribution >= 4 is 0 Å². The van der Waals surface area contributed by atoms with E-state index in [1.807, 2.05) is 0 Å². The van der Waals surface area contributed by atoms with Gasteiger partial charge in [0.05, 0.1) is 0 Å². The Hall–Kier alpha value is -0.800. The van der Waals surface area contributed by atoms with Crippen molar-refractivity contribution in [3.8, 4) is 0 Å². The fraction of sp³-hybridized carbons (Fsp3) is 0. The second-order valence-corrected chi connectivity index (χ2v) is 0. The Labute approximate surface area is 140 Å². The fourth-order valence-electron chi connectivity index (χ4n) is 0. The van der Waals surface area contributed by atoms with Crippen molar-refractivity contribution < 1.29 is 70.9 Å². The van der Waals surface area contributed by atoms with E-state index < -0.39 is 0 Å². The molecule has 0 heterocycles. The Balaban J connectivity index is -0.00000000500. The maximum absolute atomic E-state index is 6.25. The maximum atomic E-state index is 6.25. The molecule has 0 rings (SSSR count). The molecule has 0 aliphatic rings. The average molecular weight is 296 g/mol. The molecule has 0 aromatic carbocycles. The molecule has 0 saturated carbocycles. The first kappa shape index (κ1) is 72.7. The third-order valence-electron chi connectivity index (χ3n) is 0. The van der Waals surface area contributed by atoms with Gasteiger partial charge in [-0.15, -0.1) is 0 Å². The molecule has 0 spiro atoms. The first-order valence-electron chi connectivity index (χ1n) is 1.34. The number of rotatable bonds is 0. The van der Waals surface area contributed by atoms with Crippen LogP contribution in [0.5, 0.6) is 0 Å². The Morgan fingerprint density at radius 3 is 0.357 bits per heavy atom. The fourth-order valence-corrected chi connectivity index (χ4v) is 0. The van der Waals surface area contributed by atoms with Crippen molar-refractivity contribution in [2.24, 2.45) is 0 Å². The second kappa shape index (κ2) is 2390. The van der Waals surface area contributed by atoms with Crippen molar-refractivity contribution in [2.45, 2.75) is 0 Å². The zero-order valence-electron chi connectivity index (χ0n) is 7.04. The van der Waals surface area contributed by atoms with Gasteiger partial charge in [-0.25, -0.2) is 0 Å². The second-order valence-electron chi connectivity index (χ2n) is 0. The molecule has 0 radical (unpaired) electrons. The van der Waals surface area contributed by atoms with Crippen molar-refractivity contribution in [1.82, 2.24) is 0 Å². The summed E-state index contributed by atoms with van der Waals surface area (Å²) in [7, 11) is 0. The normalized spacial score (nSPS) is 0.857. The standard InChI is InChI=1S/6CN.K.Ru/c6*1-2;;/q6*-1;+1;+2. The van der Waals surface area contributed by atoms with Gasteiger partial charge in [-0.2, -0.15) is 0 Å². The van der Waals surface area contributed by atoms with E-state index in [1.165, 1.54) is 0 Å². The van der Waals surface area contributed by atoms with Crippen LogP contribution < -0.4 is 51.4 Å². The summed E-state index contributed by atoms with van der Waals surface area (Å²) in [6, 6.07) is 0. The molecule has 6 nitrogen and oxygen atoms in total. The van der Waals surface area contributed by atoms with Crippen LogP contribution in [0.1, 0.15) is 0 Å². The quantitative estimate of drug-likeness (QED) is 0.359. The van der Waals surface area contributed by atoms with Gasteiger partial charge in [0, 0.05) is 0 Å². The zero-order chi connectivity index (χ0) is 12.0. The van der Waals surface area contributed by atoms with Crippen LogP contribution in [-0.4, -0.2) is 0 Å². The maximum Gasteiger partial charge on any atom is 2.00 e. The summed E-state index contributed by atoms with van der Waals surface area (Å²) in [5, 5.41) is 37.5. The molecule has 0 aromatic rings. The largest absolute Gasteiger partial charge is 2.00 e. The number of hydrogen-bond donors (Lipinski definition) is 0. The SMILES string of the molecule is [C-]#N.[C-]#N.[C-]#N.[C-]#N.[C-]#N.[C-]#N.[K+].[Ru+2]. The molecular weight excluding hydrogens is 296 g/mol. The molecule has 0 N–H and O–H groups in total. The van der Waals surface area contributed by atoms with Crippen LogP contribution in [-0.2, 0) is 19.5 Å². The molecule has 0 amide bonds. The Morgan fingerprint density at radius 2 is 0.357 bits per heavy atom. The van der Waals surface area contributed by atoms with E-state index in [0.29, 0.717) is 0 Å². The number of hydrogen-bond acceptors (Lipinski definition) is 6. The van der Waals surface area contributed by atoms with Gasteiger partial charge >= 0.3 is 70.9 Å². The molecule has 0 aliphatic carbocycles. The molecule has 0 bridgehead atoms. The molecule has 0 fully saturated rings. The van der Waals surface area contributed by atoms with Crippen molar-refractivity contribution in [2.75, 3.05) is 0 Å². The molecule has 0 aliphatic heterocycles. The Morgan fingerprint density at radius 1 is 0.357 bits per heavy atom. The summed E-state index contributed by atoms with van der Waals surface area (Å²) in [6.07, 6.45) is 0. The minimum Gasteiger partial charge on any atom is -0.512 e. The summed E-state index contributed by atoms with van der Waals surface area (Å²) < 4.78 is 0. The monoisotopic (exact) mass is 297 g/mol. The number of nitrogens with zero attached hydrogens (tertiary/aromatic N) is 6. The van der Waals surface area contributed by atoms with Crippen LogP contribution in [0.3, 0.4) is 0 Å². The third kappa shape index (κ3) is 1820. The molecular formula is C6KN6Ru-3. The minimum atomic E-state index is 0. The third-order valence-corrected chi connectivity index (χ3v) is 0. The van der Waals surface area contributed by atoms with Crippen molar-refractivity contribution in [1.29, 1.82) is 31.6 Å². The zero-order valence-corrected chi connectivity index (χ0v) is 11.9. The molecule has 14 heavy (non-hydrogen) atoms. The summed E-state index contributed by atoms with van der Waals surface area (Å²) >= 11 is 0. The molecule has 0 saturated heterocycles. The molecule has 0 aromatic heterocycles. The van der Waals surface area contributed by atoms with E-state index in [1.54, 1.807) is 0 Å². The van der Waals surface area contributed by atoms with E-state index in [4.69, 9.17) is 71.0 Å². The van der Waals surface area contributed by atoms with E-state index >= 15 is 0 Å². The van der Waals surface area contributed by atoms with Crippen molar-refractivity contribution in [3.05, 3.63) is 39.4 Å². The first-order chi connectivity index (χ1) is 6.00. The van der Waals surface area contributed by atoms with E-state index in [-0.39, 0.29) is 70.9 Å². The van der Waals surface area contributed by atoms with Crippen molar-refractivity contribution in [3.63, 3.8) is 0 Å². The Kier molecular flexibility index (Phi) is 12400.